The summed E-state index contributed by atoms with van der Waals surface area (Å²) in [6.45, 7) is 4.97. The Bertz CT molecular complexity index is 516. The van der Waals surface area contributed by atoms with Crippen LogP contribution < -0.4 is 4.90 Å². The zero-order valence-corrected chi connectivity index (χ0v) is 12.9. The van der Waals surface area contributed by atoms with Gasteiger partial charge >= 0.3 is 0 Å². The summed E-state index contributed by atoms with van der Waals surface area (Å²) in [5.74, 6) is 0.802. The second-order valence-corrected chi connectivity index (χ2v) is 6.42. The number of carbonyl (C=O) groups excluding carboxylic acids is 2. The molecular formula is C15H20N2O2S. The third-order valence-corrected chi connectivity index (χ3v) is 4.21. The predicted octanol–water partition coefficient (Wildman–Crippen LogP) is 2.24. The highest BCUT2D eigenvalue weighted by molar-refractivity contribution is 8.00. The highest BCUT2D eigenvalue weighted by Crippen LogP contribution is 2.34. The van der Waals surface area contributed by atoms with Crippen molar-refractivity contribution in [3.8, 4) is 0 Å². The first-order chi connectivity index (χ1) is 9.49. The van der Waals surface area contributed by atoms with E-state index in [4.69, 9.17) is 0 Å². The van der Waals surface area contributed by atoms with Gasteiger partial charge in [-0.3, -0.25) is 9.59 Å². The first kappa shape index (κ1) is 14.9. The molecule has 2 rings (SSSR count). The second-order valence-electron chi connectivity index (χ2n) is 5.40. The largest absolute Gasteiger partial charge is 0.344 e. The van der Waals surface area contributed by atoms with Crippen LogP contribution in [-0.2, 0) is 9.59 Å². The molecule has 0 saturated heterocycles. The Labute approximate surface area is 124 Å². The van der Waals surface area contributed by atoms with Gasteiger partial charge in [0.2, 0.25) is 11.8 Å². The van der Waals surface area contributed by atoms with E-state index >= 15 is 0 Å². The minimum atomic E-state index is -0.0197. The zero-order chi connectivity index (χ0) is 14.7. The number of thioether (sulfide) groups is 1. The topological polar surface area (TPSA) is 40.6 Å². The van der Waals surface area contributed by atoms with E-state index in [1.165, 1.54) is 11.8 Å². The van der Waals surface area contributed by atoms with Crippen molar-refractivity contribution in [1.82, 2.24) is 4.90 Å². The predicted molar refractivity (Wildman–Crippen MR) is 82.0 cm³/mol. The number of para-hydroxylation sites is 1. The van der Waals surface area contributed by atoms with E-state index in [9.17, 15) is 9.59 Å². The SMILES string of the molecule is CC(C)CN(C)C(=O)CN1C(=O)CSc2ccccc21. The third kappa shape index (κ3) is 3.33. The zero-order valence-electron chi connectivity index (χ0n) is 12.1. The Hall–Kier alpha value is -1.49. The van der Waals surface area contributed by atoms with Crippen LogP contribution in [0.4, 0.5) is 5.69 Å². The van der Waals surface area contributed by atoms with E-state index in [2.05, 4.69) is 13.8 Å². The molecule has 0 fully saturated rings. The molecule has 0 aliphatic carbocycles. The summed E-state index contributed by atoms with van der Waals surface area (Å²) in [6, 6.07) is 7.73. The summed E-state index contributed by atoms with van der Waals surface area (Å²) < 4.78 is 0. The average Bonchev–Trinajstić information content (AvgIpc) is 2.41. The highest BCUT2D eigenvalue weighted by atomic mass is 32.2. The summed E-state index contributed by atoms with van der Waals surface area (Å²) in [4.78, 5) is 28.7. The summed E-state index contributed by atoms with van der Waals surface area (Å²) in [5, 5.41) is 0. The molecule has 1 aromatic rings. The molecule has 1 aliphatic heterocycles. The van der Waals surface area contributed by atoms with Gasteiger partial charge in [0.15, 0.2) is 0 Å². The van der Waals surface area contributed by atoms with Gasteiger partial charge in [-0.1, -0.05) is 26.0 Å². The van der Waals surface area contributed by atoms with Crippen molar-refractivity contribution in [3.63, 3.8) is 0 Å². The monoisotopic (exact) mass is 292 g/mol. The van der Waals surface area contributed by atoms with Gasteiger partial charge in [0.05, 0.1) is 11.4 Å². The molecule has 0 saturated carbocycles. The number of amides is 2. The van der Waals surface area contributed by atoms with Gasteiger partial charge in [-0.2, -0.15) is 0 Å². The first-order valence-corrected chi connectivity index (χ1v) is 7.73. The molecule has 20 heavy (non-hydrogen) atoms. The van der Waals surface area contributed by atoms with Gasteiger partial charge in [0.1, 0.15) is 6.54 Å². The number of hydrogen-bond acceptors (Lipinski definition) is 3. The fourth-order valence-corrected chi connectivity index (χ4v) is 3.17. The van der Waals surface area contributed by atoms with Gasteiger partial charge in [-0.05, 0) is 18.1 Å². The normalized spacial score (nSPS) is 14.4. The maximum absolute atomic E-state index is 12.2. The molecule has 0 bridgehead atoms. The standard InChI is InChI=1S/C15H20N2O2S/c1-11(2)8-16(3)14(18)9-17-12-6-4-5-7-13(12)20-10-15(17)19/h4-7,11H,8-10H2,1-3H3. The number of anilines is 1. The van der Waals surface area contributed by atoms with Gasteiger partial charge < -0.3 is 9.80 Å². The maximum Gasteiger partial charge on any atom is 0.242 e. The van der Waals surface area contributed by atoms with Crippen LogP contribution in [0.5, 0.6) is 0 Å². The molecule has 108 valence electrons. The third-order valence-electron chi connectivity index (χ3n) is 3.17. The van der Waals surface area contributed by atoms with Crippen molar-refractivity contribution in [2.45, 2.75) is 18.7 Å². The van der Waals surface area contributed by atoms with Crippen molar-refractivity contribution in [2.75, 3.05) is 30.8 Å². The molecule has 1 heterocycles. The lowest BCUT2D eigenvalue weighted by Gasteiger charge is -2.30. The van der Waals surface area contributed by atoms with Crippen molar-refractivity contribution >= 4 is 29.3 Å². The van der Waals surface area contributed by atoms with Crippen LogP contribution in [-0.4, -0.2) is 42.6 Å². The van der Waals surface area contributed by atoms with Gasteiger partial charge in [-0.25, -0.2) is 0 Å². The molecule has 0 atom stereocenters. The lowest BCUT2D eigenvalue weighted by Crippen LogP contribution is -2.44. The van der Waals surface area contributed by atoms with Crippen LogP contribution in [0, 0.1) is 5.92 Å². The molecule has 4 nitrogen and oxygen atoms in total. The number of likely N-dealkylation sites (N-methyl/N-ethyl adjacent to an activating group) is 1. The molecule has 0 N–H and O–H groups in total. The van der Waals surface area contributed by atoms with Gasteiger partial charge in [-0.15, -0.1) is 11.8 Å². The molecule has 0 aromatic heterocycles. The summed E-state index contributed by atoms with van der Waals surface area (Å²) in [7, 11) is 1.79. The minimum absolute atomic E-state index is 0.00000283. The van der Waals surface area contributed by atoms with E-state index in [-0.39, 0.29) is 18.4 Å². The van der Waals surface area contributed by atoms with Crippen LogP contribution in [0.15, 0.2) is 29.2 Å². The van der Waals surface area contributed by atoms with E-state index in [1.807, 2.05) is 24.3 Å². The number of fused-ring (bicyclic) bond motifs is 1. The Balaban J connectivity index is 2.12. The van der Waals surface area contributed by atoms with Gasteiger partial charge in [0.25, 0.3) is 0 Å². The Morgan fingerprint density at radius 2 is 2.10 bits per heavy atom. The molecular weight excluding hydrogens is 272 g/mol. The summed E-state index contributed by atoms with van der Waals surface area (Å²) in [5.41, 5.74) is 0.847. The number of benzene rings is 1. The average molecular weight is 292 g/mol. The summed E-state index contributed by atoms with van der Waals surface area (Å²) >= 11 is 1.53. The Morgan fingerprint density at radius 1 is 1.40 bits per heavy atom. The molecule has 1 aliphatic rings. The number of nitrogens with zero attached hydrogens (tertiary/aromatic N) is 2. The van der Waals surface area contributed by atoms with Crippen LogP contribution in [0.2, 0.25) is 0 Å². The molecule has 0 unspecified atom stereocenters. The molecule has 0 radical (unpaired) electrons. The van der Waals surface area contributed by atoms with E-state index in [0.29, 0.717) is 18.2 Å². The lowest BCUT2D eigenvalue weighted by atomic mass is 10.2. The molecule has 1 aromatic carbocycles. The fourth-order valence-electron chi connectivity index (χ4n) is 2.23. The maximum atomic E-state index is 12.2. The molecule has 5 heteroatoms. The van der Waals surface area contributed by atoms with Crippen LogP contribution in [0.25, 0.3) is 0 Å². The lowest BCUT2D eigenvalue weighted by molar-refractivity contribution is -0.130. The smallest absolute Gasteiger partial charge is 0.242 e. The van der Waals surface area contributed by atoms with Crippen molar-refractivity contribution in [3.05, 3.63) is 24.3 Å². The molecule has 0 spiro atoms. The minimum Gasteiger partial charge on any atom is -0.344 e. The van der Waals surface area contributed by atoms with Crippen LogP contribution >= 0.6 is 11.8 Å². The number of rotatable bonds is 4. The van der Waals surface area contributed by atoms with Crippen molar-refractivity contribution < 1.29 is 9.59 Å². The second kappa shape index (κ2) is 6.31. The van der Waals surface area contributed by atoms with E-state index in [1.54, 1.807) is 16.8 Å². The van der Waals surface area contributed by atoms with E-state index in [0.717, 1.165) is 10.6 Å². The summed E-state index contributed by atoms with van der Waals surface area (Å²) in [6.07, 6.45) is 0. The van der Waals surface area contributed by atoms with Crippen molar-refractivity contribution in [1.29, 1.82) is 0 Å². The Morgan fingerprint density at radius 3 is 2.80 bits per heavy atom. The quantitative estimate of drug-likeness (QED) is 0.854. The number of hydrogen-bond donors (Lipinski definition) is 0. The molecule has 2 amide bonds. The van der Waals surface area contributed by atoms with Crippen LogP contribution in [0.3, 0.4) is 0 Å². The first-order valence-electron chi connectivity index (χ1n) is 6.75. The van der Waals surface area contributed by atoms with Crippen LogP contribution in [0.1, 0.15) is 13.8 Å². The van der Waals surface area contributed by atoms with Crippen molar-refractivity contribution in [2.24, 2.45) is 5.92 Å². The number of carbonyl (C=O) groups is 2. The fraction of sp³-hybridized carbons (Fsp3) is 0.467. The van der Waals surface area contributed by atoms with E-state index < -0.39 is 0 Å². The Kier molecular flexibility index (Phi) is 4.70. The highest BCUT2D eigenvalue weighted by Gasteiger charge is 2.27. The van der Waals surface area contributed by atoms with Gasteiger partial charge in [0, 0.05) is 18.5 Å².